The lowest BCUT2D eigenvalue weighted by molar-refractivity contribution is 0.179. The molecule has 1 fully saturated rings. The molecule has 3 rings (SSSR count). The average molecular weight is 292 g/mol. The number of carbonyl (C=O) groups is 1. The fraction of sp³-hybridized carbons (Fsp3) is 0.786. The minimum atomic E-state index is -0.0114. The smallest absolute Gasteiger partial charge is 0.318 e. The molecule has 0 spiro atoms. The maximum atomic E-state index is 12.1. The first-order valence-electron chi connectivity index (χ1n) is 7.83. The van der Waals surface area contributed by atoms with Gasteiger partial charge < -0.3 is 20.1 Å². The van der Waals surface area contributed by atoms with E-state index in [1.807, 2.05) is 18.7 Å². The molecule has 116 valence electrons. The van der Waals surface area contributed by atoms with Crippen molar-refractivity contribution >= 4 is 6.03 Å². The van der Waals surface area contributed by atoms with Crippen LogP contribution in [0.3, 0.4) is 0 Å². The number of urea groups is 1. The Labute approximate surface area is 125 Å². The van der Waals surface area contributed by atoms with Gasteiger partial charge in [0, 0.05) is 25.0 Å². The van der Waals surface area contributed by atoms with E-state index in [-0.39, 0.29) is 12.1 Å². The standard InChI is InChI=1S/C14H24N6O/c1-10(2)16-14(21)19-7-8-20-12(9-19)17-18-13(20)11-3-5-15-6-4-11/h10-11,15H,3-9H2,1-2H3,(H,16,21). The molecule has 0 atom stereocenters. The minimum absolute atomic E-state index is 0.0114. The molecule has 0 aromatic carbocycles. The minimum Gasteiger partial charge on any atom is -0.336 e. The number of carbonyl (C=O) groups excluding carboxylic acids is 1. The lowest BCUT2D eigenvalue weighted by atomic mass is 9.97. The van der Waals surface area contributed by atoms with Gasteiger partial charge in [0.25, 0.3) is 0 Å². The van der Waals surface area contributed by atoms with Crippen LogP contribution in [0, 0.1) is 0 Å². The summed E-state index contributed by atoms with van der Waals surface area (Å²) in [6.07, 6.45) is 2.24. The van der Waals surface area contributed by atoms with Crippen molar-refractivity contribution in [3.8, 4) is 0 Å². The van der Waals surface area contributed by atoms with Gasteiger partial charge in [0.1, 0.15) is 5.82 Å². The first kappa shape index (κ1) is 14.3. The van der Waals surface area contributed by atoms with E-state index in [1.165, 1.54) is 0 Å². The highest BCUT2D eigenvalue weighted by molar-refractivity contribution is 5.74. The number of piperidine rings is 1. The Morgan fingerprint density at radius 2 is 2.05 bits per heavy atom. The number of amides is 2. The molecule has 0 aliphatic carbocycles. The van der Waals surface area contributed by atoms with Crippen molar-refractivity contribution in [2.45, 2.75) is 51.7 Å². The van der Waals surface area contributed by atoms with Crippen LogP contribution in [0.15, 0.2) is 0 Å². The van der Waals surface area contributed by atoms with Gasteiger partial charge in [0.2, 0.25) is 0 Å². The van der Waals surface area contributed by atoms with Gasteiger partial charge in [-0.25, -0.2) is 4.79 Å². The number of nitrogens with one attached hydrogen (secondary N) is 2. The summed E-state index contributed by atoms with van der Waals surface area (Å²) in [5, 5.41) is 15.0. The average Bonchev–Trinajstić information content (AvgIpc) is 2.90. The largest absolute Gasteiger partial charge is 0.336 e. The van der Waals surface area contributed by atoms with Crippen LogP contribution in [0.1, 0.15) is 44.3 Å². The number of hydrogen-bond donors (Lipinski definition) is 2. The van der Waals surface area contributed by atoms with Crippen LogP contribution in [0.5, 0.6) is 0 Å². The van der Waals surface area contributed by atoms with Crippen LogP contribution in [0.25, 0.3) is 0 Å². The van der Waals surface area contributed by atoms with E-state index in [2.05, 4.69) is 25.4 Å². The molecule has 3 heterocycles. The van der Waals surface area contributed by atoms with Crippen molar-refractivity contribution in [1.29, 1.82) is 0 Å². The van der Waals surface area contributed by atoms with Crippen molar-refractivity contribution in [2.75, 3.05) is 19.6 Å². The van der Waals surface area contributed by atoms with Gasteiger partial charge in [-0.15, -0.1) is 10.2 Å². The third-order valence-corrected chi connectivity index (χ3v) is 4.19. The van der Waals surface area contributed by atoms with E-state index < -0.39 is 0 Å². The molecule has 21 heavy (non-hydrogen) atoms. The lowest BCUT2D eigenvalue weighted by Crippen LogP contribution is -2.46. The molecule has 1 aromatic rings. The number of fused-ring (bicyclic) bond motifs is 1. The van der Waals surface area contributed by atoms with E-state index in [0.717, 1.165) is 50.7 Å². The Kier molecular flexibility index (Phi) is 4.10. The number of aromatic nitrogens is 3. The zero-order valence-corrected chi connectivity index (χ0v) is 12.8. The molecule has 0 bridgehead atoms. The number of hydrogen-bond acceptors (Lipinski definition) is 4. The summed E-state index contributed by atoms with van der Waals surface area (Å²) in [5.41, 5.74) is 0. The maximum Gasteiger partial charge on any atom is 0.318 e. The molecule has 1 aromatic heterocycles. The quantitative estimate of drug-likeness (QED) is 0.840. The van der Waals surface area contributed by atoms with Crippen LogP contribution < -0.4 is 10.6 Å². The highest BCUT2D eigenvalue weighted by atomic mass is 16.2. The van der Waals surface area contributed by atoms with Gasteiger partial charge in [-0.1, -0.05) is 0 Å². The van der Waals surface area contributed by atoms with E-state index in [9.17, 15) is 4.79 Å². The number of rotatable bonds is 2. The Morgan fingerprint density at radius 1 is 1.29 bits per heavy atom. The first-order valence-corrected chi connectivity index (χ1v) is 7.83. The second-order valence-electron chi connectivity index (χ2n) is 6.18. The fourth-order valence-corrected chi connectivity index (χ4v) is 3.07. The highest BCUT2D eigenvalue weighted by Gasteiger charge is 2.28. The summed E-state index contributed by atoms with van der Waals surface area (Å²) in [7, 11) is 0. The molecule has 2 aliphatic heterocycles. The van der Waals surface area contributed by atoms with Crippen molar-refractivity contribution in [3.05, 3.63) is 11.6 Å². The third kappa shape index (κ3) is 3.02. The predicted molar refractivity (Wildman–Crippen MR) is 78.9 cm³/mol. The molecule has 0 unspecified atom stereocenters. The second kappa shape index (κ2) is 6.01. The summed E-state index contributed by atoms with van der Waals surface area (Å²) in [5.74, 6) is 2.52. The van der Waals surface area contributed by atoms with Gasteiger partial charge in [0.15, 0.2) is 5.82 Å². The molecule has 0 saturated carbocycles. The summed E-state index contributed by atoms with van der Waals surface area (Å²) in [4.78, 5) is 13.9. The summed E-state index contributed by atoms with van der Waals surface area (Å²) in [6, 6.07) is 0.144. The molecule has 2 N–H and O–H groups in total. The van der Waals surface area contributed by atoms with Gasteiger partial charge in [-0.3, -0.25) is 0 Å². The molecule has 2 aliphatic rings. The first-order chi connectivity index (χ1) is 10.1. The van der Waals surface area contributed by atoms with Crippen LogP contribution >= 0.6 is 0 Å². The third-order valence-electron chi connectivity index (χ3n) is 4.19. The fourth-order valence-electron chi connectivity index (χ4n) is 3.07. The SMILES string of the molecule is CC(C)NC(=O)N1CCn2c(nnc2C2CCNCC2)C1. The monoisotopic (exact) mass is 292 g/mol. The lowest BCUT2D eigenvalue weighted by Gasteiger charge is -2.30. The predicted octanol–water partition coefficient (Wildman–Crippen LogP) is 0.679. The topological polar surface area (TPSA) is 75.1 Å². The van der Waals surface area contributed by atoms with Gasteiger partial charge >= 0.3 is 6.03 Å². The molecular weight excluding hydrogens is 268 g/mol. The van der Waals surface area contributed by atoms with Crippen LogP contribution in [0.2, 0.25) is 0 Å². The molecule has 0 radical (unpaired) electrons. The van der Waals surface area contributed by atoms with Crippen LogP contribution in [-0.2, 0) is 13.1 Å². The molecule has 7 nitrogen and oxygen atoms in total. The second-order valence-corrected chi connectivity index (χ2v) is 6.18. The molecular formula is C14H24N6O. The number of nitrogens with zero attached hydrogens (tertiary/aromatic N) is 4. The van der Waals surface area contributed by atoms with E-state index in [0.29, 0.717) is 12.5 Å². The van der Waals surface area contributed by atoms with Gasteiger partial charge in [-0.05, 0) is 39.8 Å². The molecule has 1 saturated heterocycles. The summed E-state index contributed by atoms with van der Waals surface area (Å²) < 4.78 is 2.22. The normalized spacial score (nSPS) is 19.7. The zero-order valence-electron chi connectivity index (χ0n) is 12.8. The Hall–Kier alpha value is -1.63. The van der Waals surface area contributed by atoms with Gasteiger partial charge in [-0.2, -0.15) is 0 Å². The van der Waals surface area contributed by atoms with Crippen LogP contribution in [-0.4, -0.2) is 51.4 Å². The van der Waals surface area contributed by atoms with Crippen LogP contribution in [0.4, 0.5) is 4.79 Å². The van der Waals surface area contributed by atoms with Crippen molar-refractivity contribution in [2.24, 2.45) is 0 Å². The van der Waals surface area contributed by atoms with Crippen molar-refractivity contribution in [3.63, 3.8) is 0 Å². The van der Waals surface area contributed by atoms with E-state index in [4.69, 9.17) is 0 Å². The Balaban J connectivity index is 1.70. The summed E-state index contributed by atoms with van der Waals surface area (Å²) >= 11 is 0. The molecule has 7 heteroatoms. The van der Waals surface area contributed by atoms with E-state index >= 15 is 0 Å². The highest BCUT2D eigenvalue weighted by Crippen LogP contribution is 2.25. The Bertz CT molecular complexity index is 506. The maximum absolute atomic E-state index is 12.1. The van der Waals surface area contributed by atoms with Crippen molar-refractivity contribution < 1.29 is 4.79 Å². The molecule has 2 amide bonds. The van der Waals surface area contributed by atoms with Gasteiger partial charge in [0.05, 0.1) is 6.54 Å². The summed E-state index contributed by atoms with van der Waals surface area (Å²) in [6.45, 7) is 8.12. The van der Waals surface area contributed by atoms with Crippen molar-refractivity contribution in [1.82, 2.24) is 30.3 Å². The van der Waals surface area contributed by atoms with E-state index in [1.54, 1.807) is 0 Å². The Morgan fingerprint density at radius 3 is 2.76 bits per heavy atom. The zero-order chi connectivity index (χ0) is 14.8.